The van der Waals surface area contributed by atoms with Gasteiger partial charge in [-0.1, -0.05) is 51.0 Å². The highest BCUT2D eigenvalue weighted by Crippen LogP contribution is 2.60. The molecule has 0 aromatic carbocycles. The molecule has 4 nitrogen and oxygen atoms in total. The third-order valence-electron chi connectivity index (χ3n) is 8.92. The van der Waals surface area contributed by atoms with E-state index >= 15 is 0 Å². The maximum atomic E-state index is 10.2. The maximum absolute atomic E-state index is 10.2. The van der Waals surface area contributed by atoms with Crippen molar-refractivity contribution in [3.63, 3.8) is 0 Å². The van der Waals surface area contributed by atoms with Crippen LogP contribution in [0.2, 0.25) is 0 Å². The van der Waals surface area contributed by atoms with E-state index in [0.717, 1.165) is 36.8 Å². The number of aliphatic hydroxyl groups excluding tert-OH is 3. The number of hydrogen-bond acceptors (Lipinski definition) is 4. The molecule has 188 valence electrons. The molecule has 3 aliphatic carbocycles. The molecule has 4 heteroatoms. The molecule has 3 fully saturated rings. The fourth-order valence-corrected chi connectivity index (χ4v) is 7.23. The molecule has 7 atom stereocenters. The quantitative estimate of drug-likeness (QED) is 0.388. The summed E-state index contributed by atoms with van der Waals surface area (Å²) in [5.74, 6) is 1.96. The minimum atomic E-state index is -0.808. The SMILES string of the molecule is C=C1/C(=C\C=C2/CCC[C@]3(C)[C@@H]([C@H](C)CCCC(O)CC(C)(C)O)CC[C@@H]23)C[C@@H](O)C[C@@H]1O. The highest BCUT2D eigenvalue weighted by atomic mass is 16.3. The summed E-state index contributed by atoms with van der Waals surface area (Å²) in [6.07, 6.45) is 13.4. The molecule has 0 heterocycles. The maximum Gasteiger partial charge on any atom is 0.0811 e. The van der Waals surface area contributed by atoms with Crippen molar-refractivity contribution >= 4 is 0 Å². The lowest BCUT2D eigenvalue weighted by atomic mass is 9.60. The van der Waals surface area contributed by atoms with Gasteiger partial charge in [0.05, 0.1) is 23.9 Å². The molecule has 3 saturated carbocycles. The summed E-state index contributed by atoms with van der Waals surface area (Å²) in [5.41, 5.74) is 2.82. The molecule has 0 amide bonds. The predicted molar refractivity (Wildman–Crippen MR) is 135 cm³/mol. The molecule has 0 aliphatic heterocycles. The highest BCUT2D eigenvalue weighted by molar-refractivity contribution is 5.38. The lowest BCUT2D eigenvalue weighted by Gasteiger charge is -2.44. The van der Waals surface area contributed by atoms with Gasteiger partial charge < -0.3 is 20.4 Å². The van der Waals surface area contributed by atoms with E-state index in [1.165, 1.54) is 31.3 Å². The Morgan fingerprint density at radius 1 is 1.18 bits per heavy atom. The summed E-state index contributed by atoms with van der Waals surface area (Å²) in [5, 5.41) is 40.4. The van der Waals surface area contributed by atoms with E-state index in [2.05, 4.69) is 32.6 Å². The molecule has 0 spiro atoms. The first-order chi connectivity index (χ1) is 15.4. The Hall–Kier alpha value is -0.940. The van der Waals surface area contributed by atoms with Crippen molar-refractivity contribution < 1.29 is 20.4 Å². The van der Waals surface area contributed by atoms with Gasteiger partial charge in [-0.25, -0.2) is 0 Å². The summed E-state index contributed by atoms with van der Waals surface area (Å²) in [7, 11) is 0. The normalized spacial score (nSPS) is 37.4. The van der Waals surface area contributed by atoms with Gasteiger partial charge in [0, 0.05) is 12.8 Å². The average molecular weight is 461 g/mol. The topological polar surface area (TPSA) is 80.9 Å². The van der Waals surface area contributed by atoms with Crippen LogP contribution in [-0.2, 0) is 0 Å². The van der Waals surface area contributed by atoms with Gasteiger partial charge in [-0.3, -0.25) is 0 Å². The van der Waals surface area contributed by atoms with Crippen molar-refractivity contribution in [2.45, 2.75) is 122 Å². The molecule has 0 saturated heterocycles. The van der Waals surface area contributed by atoms with Crippen molar-refractivity contribution in [1.82, 2.24) is 0 Å². The Morgan fingerprint density at radius 2 is 1.91 bits per heavy atom. The first kappa shape index (κ1) is 26.7. The molecule has 4 N–H and O–H groups in total. The summed E-state index contributed by atoms with van der Waals surface area (Å²) >= 11 is 0. The predicted octanol–water partition coefficient (Wildman–Crippen LogP) is 5.46. The van der Waals surface area contributed by atoms with Gasteiger partial charge in [0.25, 0.3) is 0 Å². The molecule has 1 unspecified atom stereocenters. The molecule has 33 heavy (non-hydrogen) atoms. The van der Waals surface area contributed by atoms with Crippen molar-refractivity contribution in [1.29, 1.82) is 0 Å². The van der Waals surface area contributed by atoms with Crippen LogP contribution < -0.4 is 0 Å². The van der Waals surface area contributed by atoms with Crippen LogP contribution in [0, 0.1) is 23.2 Å². The lowest BCUT2D eigenvalue weighted by Crippen LogP contribution is -2.36. The van der Waals surface area contributed by atoms with Crippen molar-refractivity contribution in [3.8, 4) is 0 Å². The van der Waals surface area contributed by atoms with E-state index in [-0.39, 0.29) is 0 Å². The van der Waals surface area contributed by atoms with Crippen LogP contribution >= 0.6 is 0 Å². The van der Waals surface area contributed by atoms with Gasteiger partial charge in [-0.2, -0.15) is 0 Å². The van der Waals surface area contributed by atoms with Crippen LogP contribution in [0.25, 0.3) is 0 Å². The zero-order valence-electron chi connectivity index (χ0n) is 21.4. The Morgan fingerprint density at radius 3 is 2.61 bits per heavy atom. The molecule has 0 radical (unpaired) electrons. The number of aliphatic hydroxyl groups is 4. The third-order valence-corrected chi connectivity index (χ3v) is 8.92. The van der Waals surface area contributed by atoms with Crippen LogP contribution in [0.3, 0.4) is 0 Å². The van der Waals surface area contributed by atoms with Gasteiger partial charge in [0.15, 0.2) is 0 Å². The second-order valence-electron chi connectivity index (χ2n) is 12.2. The zero-order chi connectivity index (χ0) is 24.4. The average Bonchev–Trinajstić information content (AvgIpc) is 3.05. The first-order valence-corrected chi connectivity index (χ1v) is 13.3. The summed E-state index contributed by atoms with van der Waals surface area (Å²) in [6, 6.07) is 0. The van der Waals surface area contributed by atoms with E-state index < -0.39 is 23.9 Å². The molecule has 0 bridgehead atoms. The molecule has 0 aromatic rings. The van der Waals surface area contributed by atoms with Gasteiger partial charge in [0.2, 0.25) is 0 Å². The Labute approximate surface area is 201 Å². The van der Waals surface area contributed by atoms with E-state index in [1.807, 2.05) is 0 Å². The number of rotatable bonds is 8. The van der Waals surface area contributed by atoms with Crippen molar-refractivity contribution in [2.24, 2.45) is 23.2 Å². The summed E-state index contributed by atoms with van der Waals surface area (Å²) in [4.78, 5) is 0. The Kier molecular flexibility index (Phi) is 8.70. The van der Waals surface area contributed by atoms with E-state index in [1.54, 1.807) is 13.8 Å². The number of fused-ring (bicyclic) bond motifs is 1. The van der Waals surface area contributed by atoms with Gasteiger partial charge in [-0.15, -0.1) is 0 Å². The van der Waals surface area contributed by atoms with Crippen LogP contribution in [0.1, 0.15) is 98.3 Å². The van der Waals surface area contributed by atoms with Crippen LogP contribution in [-0.4, -0.2) is 44.3 Å². The molecule has 3 aliphatic rings. The van der Waals surface area contributed by atoms with Crippen molar-refractivity contribution in [2.75, 3.05) is 0 Å². The lowest BCUT2D eigenvalue weighted by molar-refractivity contribution is 0.0140. The van der Waals surface area contributed by atoms with Gasteiger partial charge >= 0.3 is 0 Å². The van der Waals surface area contributed by atoms with E-state index in [9.17, 15) is 20.4 Å². The zero-order valence-corrected chi connectivity index (χ0v) is 21.4. The minimum Gasteiger partial charge on any atom is -0.393 e. The number of hydrogen-bond donors (Lipinski definition) is 4. The third kappa shape index (κ3) is 6.60. The van der Waals surface area contributed by atoms with E-state index in [4.69, 9.17) is 0 Å². The fourth-order valence-electron chi connectivity index (χ4n) is 7.23. The second kappa shape index (κ2) is 10.8. The van der Waals surface area contributed by atoms with E-state index in [0.29, 0.717) is 42.4 Å². The number of allylic oxidation sites excluding steroid dienone is 3. The smallest absolute Gasteiger partial charge is 0.0811 e. The van der Waals surface area contributed by atoms with Gasteiger partial charge in [-0.05, 0) is 93.1 Å². The Bertz CT molecular complexity index is 745. The fraction of sp³-hybridized carbons (Fsp3) is 0.793. The van der Waals surface area contributed by atoms with Crippen molar-refractivity contribution in [3.05, 3.63) is 35.5 Å². The highest BCUT2D eigenvalue weighted by Gasteiger charge is 2.50. The Balaban J connectivity index is 1.62. The monoisotopic (exact) mass is 460 g/mol. The second-order valence-corrected chi connectivity index (χ2v) is 12.2. The molecular weight excluding hydrogens is 412 g/mol. The van der Waals surface area contributed by atoms with Crippen LogP contribution in [0.4, 0.5) is 0 Å². The summed E-state index contributed by atoms with van der Waals surface area (Å²) in [6.45, 7) is 12.5. The van der Waals surface area contributed by atoms with Gasteiger partial charge in [0.1, 0.15) is 0 Å². The molecule has 3 rings (SSSR count). The molecular formula is C29H48O4. The van der Waals surface area contributed by atoms with Crippen LogP contribution in [0.5, 0.6) is 0 Å². The summed E-state index contributed by atoms with van der Waals surface area (Å²) < 4.78 is 0. The molecule has 0 aromatic heterocycles. The first-order valence-electron chi connectivity index (χ1n) is 13.3. The van der Waals surface area contributed by atoms with Crippen LogP contribution in [0.15, 0.2) is 35.5 Å². The largest absolute Gasteiger partial charge is 0.393 e. The standard InChI is InChI=1S/C29H48O4/c1-19(8-6-10-23(30)18-28(3,4)33)25-13-14-26-21(9-7-15-29(25,26)5)11-12-22-16-24(31)17-27(32)20(22)2/h11-12,19,23-27,30-33H,2,6-10,13-18H2,1,3-5H3/b21-11+,22-12-/t19-,23?,24-,25-,26+,27+,29-/m1/s1. The minimum absolute atomic E-state index is 0.330.